The Bertz CT molecular complexity index is 716. The third kappa shape index (κ3) is 2.83. The van der Waals surface area contributed by atoms with Crippen LogP contribution in [0, 0.1) is 6.92 Å². The van der Waals surface area contributed by atoms with Gasteiger partial charge < -0.3 is 9.42 Å². The van der Waals surface area contributed by atoms with Crippen LogP contribution in [-0.2, 0) is 0 Å². The van der Waals surface area contributed by atoms with E-state index in [0.717, 1.165) is 32.2 Å². The first-order chi connectivity index (χ1) is 11.7. The van der Waals surface area contributed by atoms with Crippen molar-refractivity contribution in [3.05, 3.63) is 29.7 Å². The molecular formula is C17H23N5O2. The molecule has 1 aliphatic carbocycles. The lowest BCUT2D eigenvalue weighted by Gasteiger charge is -2.22. The van der Waals surface area contributed by atoms with Crippen LogP contribution in [0.25, 0.3) is 0 Å². The minimum absolute atomic E-state index is 0.0158. The lowest BCUT2D eigenvalue weighted by molar-refractivity contribution is 0.0728. The van der Waals surface area contributed by atoms with Crippen LogP contribution in [0.3, 0.4) is 0 Å². The Morgan fingerprint density at radius 1 is 1.21 bits per heavy atom. The average Bonchev–Trinajstić information content (AvgIpc) is 3.35. The van der Waals surface area contributed by atoms with Gasteiger partial charge in [-0.3, -0.25) is 9.48 Å². The normalized spacial score (nSPS) is 22.2. The lowest BCUT2D eigenvalue weighted by atomic mass is 9.96. The third-order valence-corrected chi connectivity index (χ3v) is 5.15. The number of likely N-dealkylation sites (tertiary alicyclic amines) is 1. The van der Waals surface area contributed by atoms with Crippen LogP contribution >= 0.6 is 0 Å². The number of carbonyl (C=O) groups excluding carboxylic acids is 1. The molecule has 1 atom stereocenters. The summed E-state index contributed by atoms with van der Waals surface area (Å²) in [6.45, 7) is 2.50. The molecule has 1 aliphatic heterocycles. The Morgan fingerprint density at radius 2 is 2.04 bits per heavy atom. The van der Waals surface area contributed by atoms with E-state index in [0.29, 0.717) is 23.3 Å². The molecule has 7 nitrogen and oxygen atoms in total. The number of hydrogen-bond acceptors (Lipinski definition) is 5. The van der Waals surface area contributed by atoms with E-state index in [1.165, 1.54) is 19.3 Å². The number of aryl methyl sites for hydroxylation is 1. The summed E-state index contributed by atoms with van der Waals surface area (Å²) in [5.41, 5.74) is 0.660. The van der Waals surface area contributed by atoms with Crippen LogP contribution in [0.2, 0.25) is 0 Å². The molecule has 3 heterocycles. The number of aromatic nitrogens is 4. The first kappa shape index (κ1) is 15.4. The zero-order valence-corrected chi connectivity index (χ0v) is 14.0. The maximum atomic E-state index is 12.9. The van der Waals surface area contributed by atoms with Gasteiger partial charge in [0.25, 0.3) is 5.91 Å². The Kier molecular flexibility index (Phi) is 4.08. The fourth-order valence-electron chi connectivity index (χ4n) is 3.89. The molecule has 1 saturated carbocycles. The molecule has 0 N–H and O–H groups in total. The zero-order valence-electron chi connectivity index (χ0n) is 14.0. The number of rotatable bonds is 3. The summed E-state index contributed by atoms with van der Waals surface area (Å²) in [7, 11) is 0. The minimum atomic E-state index is -0.0898. The average molecular weight is 329 g/mol. The van der Waals surface area contributed by atoms with E-state index in [9.17, 15) is 4.79 Å². The van der Waals surface area contributed by atoms with Crippen LogP contribution in [0.1, 0.15) is 79.1 Å². The standard InChI is InChI=1S/C17H23N5O2/c1-12-19-16(20-24-12)15-8-5-9-21(15)17(23)13-10-18-22(11-13)14-6-3-2-4-7-14/h10-11,14-15H,2-9H2,1H3. The SMILES string of the molecule is Cc1nc(C2CCCN2C(=O)c2cnn(C3CCCCC3)c2)no1. The van der Waals surface area contributed by atoms with Crippen LogP contribution in [-0.4, -0.2) is 37.3 Å². The van der Waals surface area contributed by atoms with Gasteiger partial charge in [0, 0.05) is 19.7 Å². The van der Waals surface area contributed by atoms with Gasteiger partial charge in [-0.25, -0.2) is 0 Å². The molecule has 0 aromatic carbocycles. The Hall–Kier alpha value is -2.18. The van der Waals surface area contributed by atoms with E-state index in [-0.39, 0.29) is 11.9 Å². The van der Waals surface area contributed by atoms with E-state index in [4.69, 9.17) is 4.52 Å². The molecule has 1 unspecified atom stereocenters. The first-order valence-electron chi connectivity index (χ1n) is 8.88. The molecule has 7 heteroatoms. The smallest absolute Gasteiger partial charge is 0.257 e. The largest absolute Gasteiger partial charge is 0.340 e. The zero-order chi connectivity index (χ0) is 16.5. The van der Waals surface area contributed by atoms with Crippen molar-refractivity contribution in [2.75, 3.05) is 6.54 Å². The fourth-order valence-corrected chi connectivity index (χ4v) is 3.89. The molecular weight excluding hydrogens is 306 g/mol. The van der Waals surface area contributed by atoms with Crippen molar-refractivity contribution in [1.82, 2.24) is 24.8 Å². The van der Waals surface area contributed by atoms with Gasteiger partial charge in [-0.1, -0.05) is 24.4 Å². The molecule has 2 aliphatic rings. The fraction of sp³-hybridized carbons (Fsp3) is 0.647. The van der Waals surface area contributed by atoms with Gasteiger partial charge >= 0.3 is 0 Å². The first-order valence-corrected chi connectivity index (χ1v) is 8.88. The van der Waals surface area contributed by atoms with E-state index in [1.54, 1.807) is 13.1 Å². The van der Waals surface area contributed by atoms with Gasteiger partial charge in [0.2, 0.25) is 5.89 Å². The maximum Gasteiger partial charge on any atom is 0.257 e. The summed E-state index contributed by atoms with van der Waals surface area (Å²) in [6, 6.07) is 0.350. The Morgan fingerprint density at radius 3 is 2.79 bits per heavy atom. The molecule has 4 rings (SSSR count). The van der Waals surface area contributed by atoms with Gasteiger partial charge in [-0.05, 0) is 25.7 Å². The van der Waals surface area contributed by atoms with E-state index >= 15 is 0 Å². The second-order valence-electron chi connectivity index (χ2n) is 6.83. The summed E-state index contributed by atoms with van der Waals surface area (Å²) in [5, 5.41) is 8.46. The van der Waals surface area contributed by atoms with Crippen LogP contribution in [0.15, 0.2) is 16.9 Å². The number of carbonyl (C=O) groups is 1. The molecule has 2 aromatic rings. The number of nitrogens with zero attached hydrogens (tertiary/aromatic N) is 5. The molecule has 1 saturated heterocycles. The Labute approximate surface area is 141 Å². The molecule has 2 aromatic heterocycles. The van der Waals surface area contributed by atoms with Crippen molar-refractivity contribution in [2.24, 2.45) is 0 Å². The van der Waals surface area contributed by atoms with Gasteiger partial charge in [0.1, 0.15) is 0 Å². The molecule has 0 spiro atoms. The molecule has 2 fully saturated rings. The minimum Gasteiger partial charge on any atom is -0.340 e. The van der Waals surface area contributed by atoms with E-state index in [2.05, 4.69) is 15.2 Å². The summed E-state index contributed by atoms with van der Waals surface area (Å²) in [6.07, 6.45) is 11.6. The summed E-state index contributed by atoms with van der Waals surface area (Å²) < 4.78 is 7.06. The monoisotopic (exact) mass is 329 g/mol. The second kappa shape index (κ2) is 6.37. The lowest BCUT2D eigenvalue weighted by Crippen LogP contribution is -2.31. The number of amides is 1. The van der Waals surface area contributed by atoms with Gasteiger partial charge in [0.05, 0.1) is 23.8 Å². The molecule has 1 amide bonds. The second-order valence-corrected chi connectivity index (χ2v) is 6.83. The van der Waals surface area contributed by atoms with Crippen molar-refractivity contribution in [1.29, 1.82) is 0 Å². The predicted molar refractivity (Wildman–Crippen MR) is 86.4 cm³/mol. The van der Waals surface area contributed by atoms with E-state index < -0.39 is 0 Å². The number of hydrogen-bond donors (Lipinski definition) is 0. The highest BCUT2D eigenvalue weighted by Gasteiger charge is 2.34. The van der Waals surface area contributed by atoms with Crippen molar-refractivity contribution in [3.63, 3.8) is 0 Å². The highest BCUT2D eigenvalue weighted by Crippen LogP contribution is 2.32. The van der Waals surface area contributed by atoms with Crippen molar-refractivity contribution < 1.29 is 9.32 Å². The molecule has 128 valence electrons. The molecule has 24 heavy (non-hydrogen) atoms. The van der Waals surface area contributed by atoms with Gasteiger partial charge in [0.15, 0.2) is 5.82 Å². The highest BCUT2D eigenvalue weighted by atomic mass is 16.5. The van der Waals surface area contributed by atoms with Crippen LogP contribution in [0.5, 0.6) is 0 Å². The van der Waals surface area contributed by atoms with Gasteiger partial charge in [-0.15, -0.1) is 0 Å². The molecule has 0 bridgehead atoms. The third-order valence-electron chi connectivity index (χ3n) is 5.15. The van der Waals surface area contributed by atoms with Gasteiger partial charge in [-0.2, -0.15) is 10.1 Å². The summed E-state index contributed by atoms with van der Waals surface area (Å²) in [4.78, 5) is 19.1. The summed E-state index contributed by atoms with van der Waals surface area (Å²) in [5.74, 6) is 1.16. The molecule has 0 radical (unpaired) electrons. The topological polar surface area (TPSA) is 77.1 Å². The van der Waals surface area contributed by atoms with Crippen LogP contribution in [0.4, 0.5) is 0 Å². The summed E-state index contributed by atoms with van der Waals surface area (Å²) >= 11 is 0. The Balaban J connectivity index is 1.51. The van der Waals surface area contributed by atoms with Crippen molar-refractivity contribution >= 4 is 5.91 Å². The highest BCUT2D eigenvalue weighted by molar-refractivity contribution is 5.94. The van der Waals surface area contributed by atoms with Crippen molar-refractivity contribution in [2.45, 2.75) is 64.0 Å². The quantitative estimate of drug-likeness (QED) is 0.865. The maximum absolute atomic E-state index is 12.9. The van der Waals surface area contributed by atoms with E-state index in [1.807, 2.05) is 15.8 Å². The van der Waals surface area contributed by atoms with Crippen LogP contribution < -0.4 is 0 Å². The van der Waals surface area contributed by atoms with Crippen molar-refractivity contribution in [3.8, 4) is 0 Å². The predicted octanol–water partition coefficient (Wildman–Crippen LogP) is 3.06.